The van der Waals surface area contributed by atoms with Crippen LogP contribution >= 0.6 is 0 Å². The molecular weight excluding hydrogens is 366 g/mol. The Bertz CT molecular complexity index is 990. The molecule has 5 heteroatoms. The molecule has 0 spiro atoms. The number of hydrogen-bond donors (Lipinski definition) is 1. The van der Waals surface area contributed by atoms with Crippen molar-refractivity contribution in [2.45, 2.75) is 25.6 Å². The third-order valence-corrected chi connectivity index (χ3v) is 5.19. The first-order valence-electron chi connectivity index (χ1n) is 9.92. The van der Waals surface area contributed by atoms with Gasteiger partial charge in [-0.2, -0.15) is 0 Å². The van der Waals surface area contributed by atoms with E-state index in [1.807, 2.05) is 42.5 Å². The van der Waals surface area contributed by atoms with Crippen LogP contribution in [0.15, 0.2) is 60.7 Å². The molecule has 3 aromatic rings. The highest BCUT2D eigenvalue weighted by Gasteiger charge is 2.17. The Morgan fingerprint density at radius 1 is 1.10 bits per heavy atom. The number of hydrogen-bond acceptors (Lipinski definition) is 4. The second-order valence-corrected chi connectivity index (χ2v) is 7.14. The predicted molar refractivity (Wildman–Crippen MR) is 113 cm³/mol. The van der Waals surface area contributed by atoms with Gasteiger partial charge in [0.25, 0.3) is 5.91 Å². The molecular formula is C24H25NO4. The molecule has 1 amide bonds. The van der Waals surface area contributed by atoms with Crippen LogP contribution < -0.4 is 14.8 Å². The summed E-state index contributed by atoms with van der Waals surface area (Å²) in [6.07, 6.45) is 2.16. The molecule has 1 N–H and O–H groups in total. The van der Waals surface area contributed by atoms with E-state index in [9.17, 15) is 4.79 Å². The molecule has 3 aromatic carbocycles. The van der Waals surface area contributed by atoms with E-state index in [2.05, 4.69) is 17.4 Å². The molecule has 1 fully saturated rings. The summed E-state index contributed by atoms with van der Waals surface area (Å²) in [5.74, 6) is 1.38. The van der Waals surface area contributed by atoms with Crippen molar-refractivity contribution in [2.24, 2.45) is 0 Å². The van der Waals surface area contributed by atoms with E-state index in [1.54, 1.807) is 13.2 Å². The van der Waals surface area contributed by atoms with Gasteiger partial charge in [-0.15, -0.1) is 0 Å². The molecule has 0 aliphatic carbocycles. The Balaban J connectivity index is 1.48. The van der Waals surface area contributed by atoms with Gasteiger partial charge in [-0.3, -0.25) is 4.79 Å². The van der Waals surface area contributed by atoms with Gasteiger partial charge in [0.15, 0.2) is 0 Å². The summed E-state index contributed by atoms with van der Waals surface area (Å²) in [6, 6.07) is 19.5. The lowest BCUT2D eigenvalue weighted by Crippen LogP contribution is -2.31. The third-order valence-electron chi connectivity index (χ3n) is 5.19. The van der Waals surface area contributed by atoms with Gasteiger partial charge >= 0.3 is 0 Å². The second kappa shape index (κ2) is 8.97. The Kier molecular flexibility index (Phi) is 5.96. The maximum atomic E-state index is 12.6. The SMILES string of the molecule is COc1ccc(C(=O)NC[C@H]2CCCO2)cc1COc1cccc2ccccc12. The maximum absolute atomic E-state index is 12.6. The van der Waals surface area contributed by atoms with Crippen LogP contribution in [0.4, 0.5) is 0 Å². The molecule has 1 saturated heterocycles. The minimum Gasteiger partial charge on any atom is -0.496 e. The zero-order chi connectivity index (χ0) is 20.1. The van der Waals surface area contributed by atoms with Gasteiger partial charge in [-0.05, 0) is 42.5 Å². The van der Waals surface area contributed by atoms with E-state index in [0.717, 1.165) is 41.5 Å². The number of rotatable bonds is 7. The molecule has 1 aliphatic rings. The fraction of sp³-hybridized carbons (Fsp3) is 0.292. The highest BCUT2D eigenvalue weighted by Crippen LogP contribution is 2.28. The first-order valence-corrected chi connectivity index (χ1v) is 9.92. The van der Waals surface area contributed by atoms with Crippen molar-refractivity contribution >= 4 is 16.7 Å². The van der Waals surface area contributed by atoms with Crippen LogP contribution in [0, 0.1) is 0 Å². The summed E-state index contributed by atoms with van der Waals surface area (Å²) < 4.78 is 17.1. The van der Waals surface area contributed by atoms with Crippen molar-refractivity contribution in [2.75, 3.05) is 20.3 Å². The predicted octanol–water partition coefficient (Wildman–Crippen LogP) is 4.34. The van der Waals surface area contributed by atoms with Crippen LogP contribution in [0.1, 0.15) is 28.8 Å². The highest BCUT2D eigenvalue weighted by atomic mass is 16.5. The monoisotopic (exact) mass is 391 g/mol. The minimum atomic E-state index is -0.116. The summed E-state index contributed by atoms with van der Waals surface area (Å²) in [6.45, 7) is 1.62. The molecule has 1 atom stereocenters. The third kappa shape index (κ3) is 4.51. The smallest absolute Gasteiger partial charge is 0.251 e. The normalized spacial score (nSPS) is 16.0. The lowest BCUT2D eigenvalue weighted by Gasteiger charge is -2.14. The van der Waals surface area contributed by atoms with Gasteiger partial charge in [0, 0.05) is 29.7 Å². The summed E-state index contributed by atoms with van der Waals surface area (Å²) in [5.41, 5.74) is 1.41. The van der Waals surface area contributed by atoms with E-state index in [4.69, 9.17) is 14.2 Å². The lowest BCUT2D eigenvalue weighted by molar-refractivity contribution is 0.0857. The van der Waals surface area contributed by atoms with Crippen molar-refractivity contribution in [3.05, 3.63) is 71.8 Å². The Morgan fingerprint density at radius 3 is 2.79 bits per heavy atom. The number of carbonyl (C=O) groups excluding carboxylic acids is 1. The van der Waals surface area contributed by atoms with E-state index in [0.29, 0.717) is 24.5 Å². The van der Waals surface area contributed by atoms with Crippen LogP contribution in [0.5, 0.6) is 11.5 Å². The summed E-state index contributed by atoms with van der Waals surface area (Å²) in [4.78, 5) is 12.6. The van der Waals surface area contributed by atoms with Crippen molar-refractivity contribution in [3.63, 3.8) is 0 Å². The summed E-state index contributed by atoms with van der Waals surface area (Å²) in [5, 5.41) is 5.14. The van der Waals surface area contributed by atoms with E-state index in [1.165, 1.54) is 0 Å². The average Bonchev–Trinajstić information content (AvgIpc) is 3.29. The van der Waals surface area contributed by atoms with Crippen molar-refractivity contribution in [1.82, 2.24) is 5.32 Å². The molecule has 5 nitrogen and oxygen atoms in total. The molecule has 0 saturated carbocycles. The molecule has 150 valence electrons. The molecule has 4 rings (SSSR count). The fourth-order valence-corrected chi connectivity index (χ4v) is 3.62. The molecule has 0 unspecified atom stereocenters. The van der Waals surface area contributed by atoms with Crippen LogP contribution in [0.3, 0.4) is 0 Å². The second-order valence-electron chi connectivity index (χ2n) is 7.14. The Hall–Kier alpha value is -3.05. The molecule has 29 heavy (non-hydrogen) atoms. The fourth-order valence-electron chi connectivity index (χ4n) is 3.62. The largest absolute Gasteiger partial charge is 0.496 e. The first kappa shape index (κ1) is 19.3. The average molecular weight is 391 g/mol. The zero-order valence-electron chi connectivity index (χ0n) is 16.5. The molecule has 1 aliphatic heterocycles. The van der Waals surface area contributed by atoms with E-state index < -0.39 is 0 Å². The van der Waals surface area contributed by atoms with Crippen LogP contribution in [-0.2, 0) is 11.3 Å². The highest BCUT2D eigenvalue weighted by molar-refractivity contribution is 5.94. The molecule has 0 radical (unpaired) electrons. The van der Waals surface area contributed by atoms with Crippen LogP contribution in [-0.4, -0.2) is 32.3 Å². The van der Waals surface area contributed by atoms with Gasteiger partial charge in [-0.1, -0.05) is 36.4 Å². The van der Waals surface area contributed by atoms with Crippen molar-refractivity contribution < 1.29 is 19.0 Å². The number of methoxy groups -OCH3 is 1. The zero-order valence-corrected chi connectivity index (χ0v) is 16.5. The standard InChI is InChI=1S/C24H25NO4/c1-27-22-12-11-18(24(26)25-15-20-8-5-13-28-20)14-19(22)16-29-23-10-4-7-17-6-2-3-9-21(17)23/h2-4,6-7,9-12,14,20H,5,8,13,15-16H2,1H3,(H,25,26)/t20-/m1/s1. The van der Waals surface area contributed by atoms with Gasteiger partial charge < -0.3 is 19.5 Å². The van der Waals surface area contributed by atoms with Gasteiger partial charge in [0.2, 0.25) is 0 Å². The quantitative estimate of drug-likeness (QED) is 0.651. The summed E-state index contributed by atoms with van der Waals surface area (Å²) >= 11 is 0. The van der Waals surface area contributed by atoms with Crippen molar-refractivity contribution in [1.29, 1.82) is 0 Å². The minimum absolute atomic E-state index is 0.116. The summed E-state index contributed by atoms with van der Waals surface area (Å²) in [7, 11) is 1.62. The topological polar surface area (TPSA) is 56.8 Å². The van der Waals surface area contributed by atoms with Gasteiger partial charge in [-0.25, -0.2) is 0 Å². The van der Waals surface area contributed by atoms with E-state index >= 15 is 0 Å². The molecule has 0 aromatic heterocycles. The van der Waals surface area contributed by atoms with Crippen LogP contribution in [0.2, 0.25) is 0 Å². The number of amides is 1. The Morgan fingerprint density at radius 2 is 1.97 bits per heavy atom. The number of ether oxygens (including phenoxy) is 3. The van der Waals surface area contributed by atoms with Gasteiger partial charge in [0.05, 0.1) is 13.2 Å². The van der Waals surface area contributed by atoms with E-state index in [-0.39, 0.29) is 12.0 Å². The van der Waals surface area contributed by atoms with Crippen LogP contribution in [0.25, 0.3) is 10.8 Å². The van der Waals surface area contributed by atoms with Gasteiger partial charge in [0.1, 0.15) is 18.1 Å². The Labute approximate surface area is 170 Å². The first-order chi connectivity index (χ1) is 14.2. The molecule has 0 bridgehead atoms. The van der Waals surface area contributed by atoms with Crippen molar-refractivity contribution in [3.8, 4) is 11.5 Å². The number of benzene rings is 3. The number of nitrogens with one attached hydrogen (secondary N) is 1. The molecule has 1 heterocycles. The number of carbonyl (C=O) groups is 1. The number of fused-ring (bicyclic) bond motifs is 1. The lowest BCUT2D eigenvalue weighted by atomic mass is 10.1. The maximum Gasteiger partial charge on any atom is 0.251 e.